The van der Waals surface area contributed by atoms with Crippen molar-refractivity contribution in [2.24, 2.45) is 0 Å². The van der Waals surface area contributed by atoms with Gasteiger partial charge in [0, 0.05) is 5.69 Å². The number of methoxy groups -OCH3 is 1. The molecule has 0 saturated carbocycles. The van der Waals surface area contributed by atoms with E-state index in [1.54, 1.807) is 22.8 Å². The first kappa shape index (κ1) is 17.2. The molecule has 2 aromatic carbocycles. The van der Waals surface area contributed by atoms with Crippen LogP contribution in [0.5, 0.6) is 0 Å². The maximum atomic E-state index is 14.3. The van der Waals surface area contributed by atoms with Gasteiger partial charge in [-0.2, -0.15) is 0 Å². The number of hydrogen-bond acceptors (Lipinski definition) is 5. The maximum Gasteiger partial charge on any atom is 0.316 e. The minimum absolute atomic E-state index is 0.0950. The first-order valence-electron chi connectivity index (χ1n) is 7.57. The summed E-state index contributed by atoms with van der Waals surface area (Å²) >= 11 is 1.19. The standard InChI is InChI=1S/C18H16FN3O2S/c1-12-7-9-13(10-8-12)22-17(14-5-3-4-6-15(14)19)20-21-18(22)25-11-16(23)24-2/h3-10H,11H2,1-2H3. The number of halogens is 1. The summed E-state index contributed by atoms with van der Waals surface area (Å²) < 4.78 is 20.7. The Morgan fingerprint density at radius 1 is 1.16 bits per heavy atom. The van der Waals surface area contributed by atoms with Crippen LogP contribution in [0.4, 0.5) is 4.39 Å². The van der Waals surface area contributed by atoms with E-state index in [2.05, 4.69) is 14.9 Å². The van der Waals surface area contributed by atoms with Gasteiger partial charge < -0.3 is 4.74 Å². The molecule has 3 rings (SSSR count). The van der Waals surface area contributed by atoms with Gasteiger partial charge in [-0.05, 0) is 31.2 Å². The molecule has 5 nitrogen and oxygen atoms in total. The second kappa shape index (κ2) is 7.48. The zero-order valence-corrected chi connectivity index (χ0v) is 14.6. The summed E-state index contributed by atoms with van der Waals surface area (Å²) in [6, 6.07) is 14.1. The van der Waals surface area contributed by atoms with Gasteiger partial charge in [0.15, 0.2) is 11.0 Å². The summed E-state index contributed by atoms with van der Waals surface area (Å²) in [4.78, 5) is 11.4. The molecule has 0 radical (unpaired) electrons. The molecule has 0 N–H and O–H groups in total. The van der Waals surface area contributed by atoms with Crippen LogP contribution in [0.25, 0.3) is 17.1 Å². The van der Waals surface area contributed by atoms with E-state index in [9.17, 15) is 9.18 Å². The number of carbonyl (C=O) groups is 1. The van der Waals surface area contributed by atoms with Crippen LogP contribution in [0.2, 0.25) is 0 Å². The van der Waals surface area contributed by atoms with Gasteiger partial charge in [0.1, 0.15) is 5.82 Å². The second-order valence-electron chi connectivity index (χ2n) is 5.32. The summed E-state index contributed by atoms with van der Waals surface area (Å²) in [6.45, 7) is 1.99. The van der Waals surface area contributed by atoms with Crippen molar-refractivity contribution in [1.82, 2.24) is 14.8 Å². The van der Waals surface area contributed by atoms with Gasteiger partial charge in [-0.1, -0.05) is 41.6 Å². The smallest absolute Gasteiger partial charge is 0.316 e. The van der Waals surface area contributed by atoms with Gasteiger partial charge in [0.2, 0.25) is 0 Å². The zero-order chi connectivity index (χ0) is 17.8. The molecular formula is C18H16FN3O2S. The molecule has 1 heterocycles. The minimum atomic E-state index is -0.382. The maximum absolute atomic E-state index is 14.3. The third-order valence-electron chi connectivity index (χ3n) is 3.59. The van der Waals surface area contributed by atoms with Crippen molar-refractivity contribution in [1.29, 1.82) is 0 Å². The van der Waals surface area contributed by atoms with Crippen molar-refractivity contribution in [3.05, 3.63) is 59.9 Å². The number of aryl methyl sites for hydroxylation is 1. The lowest BCUT2D eigenvalue weighted by molar-refractivity contribution is -0.137. The van der Waals surface area contributed by atoms with E-state index in [-0.39, 0.29) is 17.5 Å². The summed E-state index contributed by atoms with van der Waals surface area (Å²) in [5, 5.41) is 8.78. The van der Waals surface area contributed by atoms with E-state index >= 15 is 0 Å². The van der Waals surface area contributed by atoms with Gasteiger partial charge in [-0.25, -0.2) is 4.39 Å². The summed E-state index contributed by atoms with van der Waals surface area (Å²) in [7, 11) is 1.33. The largest absolute Gasteiger partial charge is 0.468 e. The number of carbonyl (C=O) groups excluding carboxylic acids is 1. The van der Waals surface area contributed by atoms with E-state index in [0.29, 0.717) is 16.5 Å². The Morgan fingerprint density at radius 3 is 2.56 bits per heavy atom. The van der Waals surface area contributed by atoms with Crippen molar-refractivity contribution < 1.29 is 13.9 Å². The monoisotopic (exact) mass is 357 g/mol. The fraction of sp³-hybridized carbons (Fsp3) is 0.167. The van der Waals surface area contributed by atoms with Crippen molar-refractivity contribution in [3.8, 4) is 17.1 Å². The Labute approximate surface area is 148 Å². The lowest BCUT2D eigenvalue weighted by atomic mass is 10.2. The average Bonchev–Trinajstić information content (AvgIpc) is 3.04. The van der Waals surface area contributed by atoms with E-state index in [0.717, 1.165) is 11.3 Å². The molecule has 0 atom stereocenters. The quantitative estimate of drug-likeness (QED) is 0.515. The van der Waals surface area contributed by atoms with Crippen LogP contribution in [-0.4, -0.2) is 33.6 Å². The van der Waals surface area contributed by atoms with Crippen LogP contribution < -0.4 is 0 Å². The summed E-state index contributed by atoms with van der Waals surface area (Å²) in [5.41, 5.74) is 2.25. The van der Waals surface area contributed by atoms with Crippen LogP contribution >= 0.6 is 11.8 Å². The average molecular weight is 357 g/mol. The van der Waals surface area contributed by atoms with Crippen molar-refractivity contribution in [2.75, 3.05) is 12.9 Å². The van der Waals surface area contributed by atoms with Gasteiger partial charge in [-0.15, -0.1) is 10.2 Å². The fourth-order valence-electron chi connectivity index (χ4n) is 2.29. The highest BCUT2D eigenvalue weighted by molar-refractivity contribution is 7.99. The topological polar surface area (TPSA) is 57.0 Å². The first-order valence-corrected chi connectivity index (χ1v) is 8.55. The number of rotatable bonds is 5. The van der Waals surface area contributed by atoms with Crippen molar-refractivity contribution in [2.45, 2.75) is 12.1 Å². The van der Waals surface area contributed by atoms with E-state index < -0.39 is 0 Å². The molecule has 1 aromatic heterocycles. The van der Waals surface area contributed by atoms with Gasteiger partial charge >= 0.3 is 5.97 Å². The first-order chi connectivity index (χ1) is 12.1. The molecule has 0 aliphatic carbocycles. The highest BCUT2D eigenvalue weighted by atomic mass is 32.2. The fourth-order valence-corrected chi connectivity index (χ4v) is 3.07. The lowest BCUT2D eigenvalue weighted by Gasteiger charge is -2.11. The summed E-state index contributed by atoms with van der Waals surface area (Å²) in [6.07, 6.45) is 0. The molecule has 0 saturated heterocycles. The van der Waals surface area contributed by atoms with Crippen LogP contribution in [0, 0.1) is 12.7 Å². The molecule has 0 unspecified atom stereocenters. The second-order valence-corrected chi connectivity index (χ2v) is 6.26. The Hall–Kier alpha value is -2.67. The third-order valence-corrected chi connectivity index (χ3v) is 4.49. The van der Waals surface area contributed by atoms with Crippen molar-refractivity contribution in [3.63, 3.8) is 0 Å². The zero-order valence-electron chi connectivity index (χ0n) is 13.8. The van der Waals surface area contributed by atoms with E-state index in [1.807, 2.05) is 31.2 Å². The Morgan fingerprint density at radius 2 is 1.88 bits per heavy atom. The SMILES string of the molecule is COC(=O)CSc1nnc(-c2ccccc2F)n1-c1ccc(C)cc1. The highest BCUT2D eigenvalue weighted by Crippen LogP contribution is 2.29. The number of thioether (sulfide) groups is 1. The van der Waals surface area contributed by atoms with E-state index in [4.69, 9.17) is 0 Å². The lowest BCUT2D eigenvalue weighted by Crippen LogP contribution is -2.06. The molecule has 0 aliphatic heterocycles. The molecule has 0 aliphatic rings. The van der Waals surface area contributed by atoms with Gasteiger partial charge in [0.05, 0.1) is 18.4 Å². The predicted molar refractivity (Wildman–Crippen MR) is 94.2 cm³/mol. The van der Waals surface area contributed by atoms with E-state index in [1.165, 1.54) is 24.9 Å². The van der Waals surface area contributed by atoms with Crippen molar-refractivity contribution >= 4 is 17.7 Å². The molecular weight excluding hydrogens is 341 g/mol. The van der Waals surface area contributed by atoms with Gasteiger partial charge in [-0.3, -0.25) is 9.36 Å². The van der Waals surface area contributed by atoms with Gasteiger partial charge in [0.25, 0.3) is 0 Å². The number of nitrogens with zero attached hydrogens (tertiary/aromatic N) is 3. The number of benzene rings is 2. The third kappa shape index (κ3) is 3.71. The Bertz CT molecular complexity index is 894. The van der Waals surface area contributed by atoms with Crippen LogP contribution in [0.15, 0.2) is 53.7 Å². The Balaban J connectivity index is 2.09. The highest BCUT2D eigenvalue weighted by Gasteiger charge is 2.19. The number of aromatic nitrogens is 3. The molecule has 0 bridgehead atoms. The number of esters is 1. The molecule has 0 fully saturated rings. The predicted octanol–water partition coefficient (Wildman–Crippen LogP) is 3.65. The van der Waals surface area contributed by atoms with Crippen LogP contribution in [0.1, 0.15) is 5.56 Å². The Kier molecular flexibility index (Phi) is 5.14. The number of ether oxygens (including phenoxy) is 1. The molecule has 0 spiro atoms. The molecule has 0 amide bonds. The molecule has 128 valence electrons. The minimum Gasteiger partial charge on any atom is -0.468 e. The molecule has 7 heteroatoms. The molecule has 25 heavy (non-hydrogen) atoms. The molecule has 3 aromatic rings. The summed E-state index contributed by atoms with van der Waals surface area (Å²) in [5.74, 6) is -0.268. The van der Waals surface area contributed by atoms with Crippen LogP contribution in [-0.2, 0) is 9.53 Å². The van der Waals surface area contributed by atoms with Crippen LogP contribution in [0.3, 0.4) is 0 Å². The normalized spacial score (nSPS) is 10.7. The number of hydrogen-bond donors (Lipinski definition) is 0.